The summed E-state index contributed by atoms with van der Waals surface area (Å²) in [4.78, 5) is 0. The zero-order chi connectivity index (χ0) is 6.74. The summed E-state index contributed by atoms with van der Waals surface area (Å²) in [7, 11) is 0. The van der Waals surface area contributed by atoms with Crippen LogP contribution in [0, 0.1) is 18.2 Å². The summed E-state index contributed by atoms with van der Waals surface area (Å²) >= 11 is 0. The topological polar surface area (TPSA) is 0 Å². The molecule has 0 bridgehead atoms. The number of terminal acetylenes is 1. The Kier molecular flexibility index (Phi) is 1.54. The quantitative estimate of drug-likeness (QED) is 0.453. The molecule has 0 heteroatoms. The molecule has 1 aliphatic rings. The van der Waals surface area contributed by atoms with E-state index in [0.29, 0.717) is 6.42 Å². The van der Waals surface area contributed by atoms with Gasteiger partial charge in [-0.3, -0.25) is 0 Å². The second-order valence-electron chi connectivity index (χ2n) is 2.34. The monoisotopic (exact) mass is 109 g/mol. The van der Waals surface area contributed by atoms with Gasteiger partial charge < -0.3 is 0 Å². The fourth-order valence-corrected chi connectivity index (χ4v) is 1.20. The molecule has 0 aromatic carbocycles. The third-order valence-corrected chi connectivity index (χ3v) is 1.66. The van der Waals surface area contributed by atoms with Crippen LogP contribution in [-0.2, 0) is 0 Å². The Labute approximate surface area is 52.7 Å². The fourth-order valence-electron chi connectivity index (χ4n) is 1.20. The molecule has 0 aliphatic heterocycles. The maximum atomic E-state index is 7.74. The molecule has 0 saturated heterocycles. The van der Waals surface area contributed by atoms with E-state index in [4.69, 9.17) is 7.79 Å². The Bertz CT molecular complexity index is 126. The summed E-state index contributed by atoms with van der Waals surface area (Å²) in [6.07, 6.45) is 10.2. The minimum atomic E-state index is -0.241. The van der Waals surface area contributed by atoms with Gasteiger partial charge in [0.25, 0.3) is 0 Å². The molecule has 1 saturated carbocycles. The van der Waals surface area contributed by atoms with E-state index in [1.54, 1.807) is 0 Å². The molecule has 0 atom stereocenters. The van der Waals surface area contributed by atoms with Crippen LogP contribution in [-0.4, -0.2) is 0 Å². The minimum Gasteiger partial charge on any atom is -0.120 e. The maximum absolute atomic E-state index is 7.74. The van der Waals surface area contributed by atoms with Crippen LogP contribution < -0.4 is 0 Å². The van der Waals surface area contributed by atoms with Crippen LogP contribution in [0.15, 0.2) is 0 Å². The first kappa shape index (κ1) is 4.44. The van der Waals surface area contributed by atoms with Crippen molar-refractivity contribution in [1.82, 2.24) is 0 Å². The van der Waals surface area contributed by atoms with Crippen LogP contribution in [0.3, 0.4) is 0 Å². The van der Waals surface area contributed by atoms with Gasteiger partial charge in [0.05, 0.1) is 0 Å². The molecular weight excluding hydrogens is 96.1 g/mol. The van der Waals surface area contributed by atoms with Crippen molar-refractivity contribution in [2.45, 2.75) is 32.1 Å². The van der Waals surface area contributed by atoms with Gasteiger partial charge in [-0.1, -0.05) is 12.8 Å². The Morgan fingerprint density at radius 1 is 1.62 bits per heavy atom. The van der Waals surface area contributed by atoms with Gasteiger partial charge >= 0.3 is 0 Å². The van der Waals surface area contributed by atoms with Gasteiger partial charge in [-0.25, -0.2) is 0 Å². The molecule has 1 fully saturated rings. The van der Waals surface area contributed by atoms with Crippen molar-refractivity contribution in [3.05, 3.63) is 0 Å². The summed E-state index contributed by atoms with van der Waals surface area (Å²) in [5.74, 6) is 2.32. The predicted octanol–water partition coefficient (Wildman–Crippen LogP) is 2.20. The number of rotatable bonds is 1. The molecule has 0 amide bonds. The van der Waals surface area contributed by atoms with Crippen LogP contribution in [0.25, 0.3) is 0 Å². The average molecular weight is 109 g/mol. The Balaban J connectivity index is 2.43. The lowest BCUT2D eigenvalue weighted by Gasteiger charge is -1.99. The summed E-state index contributed by atoms with van der Waals surface area (Å²) in [6, 6.07) is 0. The summed E-state index contributed by atoms with van der Waals surface area (Å²) < 4.78 is 7.74. The Morgan fingerprint density at radius 3 is 2.75 bits per heavy atom. The van der Waals surface area contributed by atoms with Gasteiger partial charge in [-0.2, -0.15) is 0 Å². The van der Waals surface area contributed by atoms with Crippen LogP contribution in [0.5, 0.6) is 0 Å². The SMILES string of the molecule is [2H]C1(CC#C)CCCC1. The molecule has 0 aromatic rings. The number of hydrogen-bond donors (Lipinski definition) is 0. The molecule has 1 aliphatic carbocycles. The van der Waals surface area contributed by atoms with Crippen molar-refractivity contribution in [3.8, 4) is 12.3 Å². The highest BCUT2D eigenvalue weighted by Gasteiger charge is 2.12. The van der Waals surface area contributed by atoms with E-state index in [1.165, 1.54) is 12.8 Å². The smallest absolute Gasteiger partial charge is 0.0312 e. The zero-order valence-corrected chi connectivity index (χ0v) is 5.11. The lowest BCUT2D eigenvalue weighted by atomic mass is 10.1. The van der Waals surface area contributed by atoms with Crippen molar-refractivity contribution < 1.29 is 1.37 Å². The van der Waals surface area contributed by atoms with Crippen molar-refractivity contribution in [2.75, 3.05) is 0 Å². The predicted molar refractivity (Wildman–Crippen MR) is 35.4 cm³/mol. The van der Waals surface area contributed by atoms with Gasteiger partial charge in [0.15, 0.2) is 0 Å². The highest BCUT2D eigenvalue weighted by molar-refractivity contribution is 4.88. The van der Waals surface area contributed by atoms with Gasteiger partial charge in [0, 0.05) is 7.79 Å². The lowest BCUT2D eigenvalue weighted by Crippen LogP contribution is -1.88. The van der Waals surface area contributed by atoms with Gasteiger partial charge in [0.1, 0.15) is 0 Å². The Morgan fingerprint density at radius 2 is 2.25 bits per heavy atom. The molecule has 44 valence electrons. The van der Waals surface area contributed by atoms with E-state index in [-0.39, 0.29) is 5.89 Å². The van der Waals surface area contributed by atoms with Crippen molar-refractivity contribution in [3.63, 3.8) is 0 Å². The zero-order valence-electron chi connectivity index (χ0n) is 6.11. The average Bonchev–Trinajstić information content (AvgIpc) is 2.16. The normalized spacial score (nSPS) is 26.6. The van der Waals surface area contributed by atoms with Gasteiger partial charge in [-0.05, 0) is 18.7 Å². The van der Waals surface area contributed by atoms with E-state index in [1.807, 2.05) is 0 Å². The largest absolute Gasteiger partial charge is 0.120 e. The van der Waals surface area contributed by atoms with Gasteiger partial charge in [-0.15, -0.1) is 12.3 Å². The van der Waals surface area contributed by atoms with E-state index in [0.717, 1.165) is 12.8 Å². The fraction of sp³-hybridized carbons (Fsp3) is 0.750. The van der Waals surface area contributed by atoms with E-state index in [9.17, 15) is 0 Å². The van der Waals surface area contributed by atoms with E-state index < -0.39 is 0 Å². The van der Waals surface area contributed by atoms with Crippen molar-refractivity contribution >= 4 is 0 Å². The molecule has 0 N–H and O–H groups in total. The summed E-state index contributed by atoms with van der Waals surface area (Å²) in [5, 5.41) is 0. The number of hydrogen-bond acceptors (Lipinski definition) is 0. The molecular formula is C8H12. The highest BCUT2D eigenvalue weighted by Crippen LogP contribution is 2.26. The molecule has 8 heavy (non-hydrogen) atoms. The first-order valence-electron chi connectivity index (χ1n) is 3.70. The standard InChI is InChI=1S/C8H12/c1-2-5-8-6-3-4-7-8/h1,8H,3-7H2/i8D. The molecule has 0 aromatic heterocycles. The molecule has 0 heterocycles. The van der Waals surface area contributed by atoms with Gasteiger partial charge in [0.2, 0.25) is 0 Å². The van der Waals surface area contributed by atoms with Crippen LogP contribution in [0.2, 0.25) is 0 Å². The molecule has 0 radical (unpaired) electrons. The summed E-state index contributed by atoms with van der Waals surface area (Å²) in [5.41, 5.74) is 0. The maximum Gasteiger partial charge on any atom is 0.0312 e. The lowest BCUT2D eigenvalue weighted by molar-refractivity contribution is 0.567. The molecule has 1 rings (SSSR count). The van der Waals surface area contributed by atoms with Crippen LogP contribution in [0.4, 0.5) is 0 Å². The minimum absolute atomic E-state index is 0.241. The van der Waals surface area contributed by atoms with E-state index >= 15 is 0 Å². The molecule has 0 nitrogen and oxygen atoms in total. The first-order valence-corrected chi connectivity index (χ1v) is 3.20. The second-order valence-corrected chi connectivity index (χ2v) is 2.34. The third kappa shape index (κ3) is 1.26. The first-order chi connectivity index (χ1) is 4.27. The van der Waals surface area contributed by atoms with Crippen LogP contribution >= 0.6 is 0 Å². The summed E-state index contributed by atoms with van der Waals surface area (Å²) in [6.45, 7) is 0. The van der Waals surface area contributed by atoms with Crippen molar-refractivity contribution in [2.24, 2.45) is 5.89 Å². The second kappa shape index (κ2) is 2.77. The van der Waals surface area contributed by atoms with E-state index in [2.05, 4.69) is 5.92 Å². The highest BCUT2D eigenvalue weighted by atomic mass is 14.2. The molecule has 0 unspecified atom stereocenters. The molecule has 0 spiro atoms. The van der Waals surface area contributed by atoms with Crippen LogP contribution in [0.1, 0.15) is 33.5 Å². The third-order valence-electron chi connectivity index (χ3n) is 1.66. The van der Waals surface area contributed by atoms with Crippen molar-refractivity contribution in [1.29, 1.82) is 0 Å². The Hall–Kier alpha value is -0.440.